The molecule has 0 saturated carbocycles. The van der Waals surface area contributed by atoms with Crippen LogP contribution in [0.2, 0.25) is 0 Å². The molecule has 5 rings (SSSR count). The Bertz CT molecular complexity index is 1190. The SMILES string of the molecule is Cc1ccccc1[C@H]1c2ccsc2CCN1[C@H](C)C(=O)N1CCCN(C(=O)c2ccccc2)CC1. The molecule has 1 saturated heterocycles. The molecule has 5 nitrogen and oxygen atoms in total. The summed E-state index contributed by atoms with van der Waals surface area (Å²) >= 11 is 1.82. The average molecular weight is 488 g/mol. The van der Waals surface area contributed by atoms with Crippen molar-refractivity contribution in [2.45, 2.75) is 38.8 Å². The highest BCUT2D eigenvalue weighted by Gasteiger charge is 2.37. The number of carbonyl (C=O) groups is 2. The van der Waals surface area contributed by atoms with Gasteiger partial charge in [-0.25, -0.2) is 0 Å². The molecule has 0 N–H and O–H groups in total. The molecule has 2 aliphatic heterocycles. The largest absolute Gasteiger partial charge is 0.340 e. The minimum absolute atomic E-state index is 0.0496. The smallest absolute Gasteiger partial charge is 0.253 e. The first kappa shape index (κ1) is 23.8. The van der Waals surface area contributed by atoms with Crippen LogP contribution < -0.4 is 0 Å². The van der Waals surface area contributed by atoms with E-state index in [1.165, 1.54) is 21.6 Å². The molecule has 182 valence electrons. The Kier molecular flexibility index (Phi) is 7.02. The average Bonchev–Trinajstić information content (AvgIpc) is 3.24. The standard InChI is InChI=1S/C29H33N3O2S/c1-21-9-6-7-12-24(21)27-25-14-20-35-26(25)13-17-32(27)22(2)28(33)30-15-8-16-31(19-18-30)29(34)23-10-4-3-5-11-23/h3-7,9-12,14,20,22,27H,8,13,15-19H2,1-2H3/t22-,27+/m1/s1. The number of amides is 2. The van der Waals surface area contributed by atoms with Gasteiger partial charge in [0.1, 0.15) is 0 Å². The fourth-order valence-electron chi connectivity index (χ4n) is 5.50. The van der Waals surface area contributed by atoms with Crippen LogP contribution in [0.5, 0.6) is 0 Å². The molecule has 2 atom stereocenters. The van der Waals surface area contributed by atoms with Crippen LogP contribution in [0.1, 0.15) is 51.3 Å². The van der Waals surface area contributed by atoms with Crippen LogP contribution in [0.15, 0.2) is 66.0 Å². The lowest BCUT2D eigenvalue weighted by Crippen LogP contribution is -2.51. The first-order valence-electron chi connectivity index (χ1n) is 12.5. The third-order valence-corrected chi connectivity index (χ3v) is 8.45. The zero-order valence-electron chi connectivity index (χ0n) is 20.5. The molecule has 2 aliphatic rings. The predicted molar refractivity (Wildman–Crippen MR) is 141 cm³/mol. The van der Waals surface area contributed by atoms with Crippen molar-refractivity contribution in [2.24, 2.45) is 0 Å². The molecule has 1 aromatic heterocycles. The molecule has 0 radical (unpaired) electrons. The van der Waals surface area contributed by atoms with Crippen LogP contribution in [0, 0.1) is 6.92 Å². The van der Waals surface area contributed by atoms with Crippen LogP contribution in [0.3, 0.4) is 0 Å². The molecule has 0 bridgehead atoms. The van der Waals surface area contributed by atoms with Crippen molar-refractivity contribution < 1.29 is 9.59 Å². The number of hydrogen-bond acceptors (Lipinski definition) is 4. The second kappa shape index (κ2) is 10.3. The first-order chi connectivity index (χ1) is 17.0. The van der Waals surface area contributed by atoms with Crippen molar-refractivity contribution in [2.75, 3.05) is 32.7 Å². The number of thiophene rings is 1. The quantitative estimate of drug-likeness (QED) is 0.533. The van der Waals surface area contributed by atoms with Crippen LogP contribution in [-0.4, -0.2) is 65.3 Å². The van der Waals surface area contributed by atoms with Crippen molar-refractivity contribution in [3.8, 4) is 0 Å². The molecule has 1 fully saturated rings. The van der Waals surface area contributed by atoms with Gasteiger partial charge in [0.15, 0.2) is 0 Å². The van der Waals surface area contributed by atoms with E-state index < -0.39 is 0 Å². The van der Waals surface area contributed by atoms with Crippen LogP contribution in [0.4, 0.5) is 0 Å². The molecule has 2 amide bonds. The Labute approximate surface area is 212 Å². The maximum atomic E-state index is 13.8. The first-order valence-corrected chi connectivity index (χ1v) is 13.4. The molecule has 0 spiro atoms. The Hall–Kier alpha value is -2.96. The Morgan fingerprint density at radius 2 is 1.57 bits per heavy atom. The van der Waals surface area contributed by atoms with Gasteiger partial charge in [-0.15, -0.1) is 11.3 Å². The summed E-state index contributed by atoms with van der Waals surface area (Å²) in [7, 11) is 0. The van der Waals surface area contributed by atoms with E-state index >= 15 is 0 Å². The summed E-state index contributed by atoms with van der Waals surface area (Å²) in [6, 6.07) is 20.1. The van der Waals surface area contributed by atoms with E-state index in [4.69, 9.17) is 0 Å². The van der Waals surface area contributed by atoms with Crippen molar-refractivity contribution in [3.63, 3.8) is 0 Å². The minimum Gasteiger partial charge on any atom is -0.340 e. The van der Waals surface area contributed by atoms with Gasteiger partial charge >= 0.3 is 0 Å². The van der Waals surface area contributed by atoms with Crippen molar-refractivity contribution >= 4 is 23.2 Å². The fraction of sp³-hybridized carbons (Fsp3) is 0.379. The molecule has 3 heterocycles. The van der Waals surface area contributed by atoms with Crippen molar-refractivity contribution in [3.05, 3.63) is 93.2 Å². The van der Waals surface area contributed by atoms with Gasteiger partial charge in [-0.1, -0.05) is 42.5 Å². The van der Waals surface area contributed by atoms with Gasteiger partial charge in [-0.05, 0) is 67.0 Å². The van der Waals surface area contributed by atoms with Gasteiger partial charge < -0.3 is 9.80 Å². The minimum atomic E-state index is -0.232. The lowest BCUT2D eigenvalue weighted by Gasteiger charge is -2.41. The van der Waals surface area contributed by atoms with Gasteiger partial charge in [-0.3, -0.25) is 14.5 Å². The molecule has 0 aliphatic carbocycles. The van der Waals surface area contributed by atoms with Gasteiger partial charge in [-0.2, -0.15) is 0 Å². The van der Waals surface area contributed by atoms with E-state index in [1.54, 1.807) is 0 Å². The summed E-state index contributed by atoms with van der Waals surface area (Å²) < 4.78 is 0. The summed E-state index contributed by atoms with van der Waals surface area (Å²) in [4.78, 5) is 34.4. The molecule has 35 heavy (non-hydrogen) atoms. The third-order valence-electron chi connectivity index (χ3n) is 7.46. The summed E-state index contributed by atoms with van der Waals surface area (Å²) in [6.07, 6.45) is 1.78. The third kappa shape index (κ3) is 4.78. The second-order valence-corrected chi connectivity index (χ2v) is 10.6. The van der Waals surface area contributed by atoms with Crippen LogP contribution in [-0.2, 0) is 11.2 Å². The van der Waals surface area contributed by atoms with Crippen LogP contribution in [0.25, 0.3) is 0 Å². The summed E-state index contributed by atoms with van der Waals surface area (Å²) in [6.45, 7) is 7.60. The molecule has 2 aromatic carbocycles. The Balaban J connectivity index is 1.33. The van der Waals surface area contributed by atoms with Gasteiger partial charge in [0, 0.05) is 43.2 Å². The molecular formula is C29H33N3O2S. The van der Waals surface area contributed by atoms with E-state index in [1.807, 2.05) is 51.5 Å². The number of carbonyl (C=O) groups excluding carboxylic acids is 2. The fourth-order valence-corrected chi connectivity index (χ4v) is 6.41. The highest BCUT2D eigenvalue weighted by molar-refractivity contribution is 7.10. The van der Waals surface area contributed by atoms with Crippen molar-refractivity contribution in [1.82, 2.24) is 14.7 Å². The summed E-state index contributed by atoms with van der Waals surface area (Å²) in [5, 5.41) is 2.18. The normalized spacial score (nSPS) is 19.7. The van der Waals surface area contributed by atoms with Crippen molar-refractivity contribution in [1.29, 1.82) is 0 Å². The number of hydrogen-bond donors (Lipinski definition) is 0. The number of benzene rings is 2. The summed E-state index contributed by atoms with van der Waals surface area (Å²) in [5.41, 5.74) is 4.58. The van der Waals surface area contributed by atoms with E-state index in [0.717, 1.165) is 19.4 Å². The van der Waals surface area contributed by atoms with Gasteiger partial charge in [0.05, 0.1) is 12.1 Å². The van der Waals surface area contributed by atoms with Gasteiger partial charge in [0.25, 0.3) is 5.91 Å². The van der Waals surface area contributed by atoms with Crippen LogP contribution >= 0.6 is 11.3 Å². The van der Waals surface area contributed by atoms with Gasteiger partial charge in [0.2, 0.25) is 5.91 Å². The zero-order valence-corrected chi connectivity index (χ0v) is 21.3. The van der Waals surface area contributed by atoms with E-state index in [-0.39, 0.29) is 23.9 Å². The van der Waals surface area contributed by atoms with E-state index in [0.29, 0.717) is 31.7 Å². The molecule has 0 unspecified atom stereocenters. The highest BCUT2D eigenvalue weighted by atomic mass is 32.1. The second-order valence-electron chi connectivity index (χ2n) is 9.56. The van der Waals surface area contributed by atoms with E-state index in [9.17, 15) is 9.59 Å². The highest BCUT2D eigenvalue weighted by Crippen LogP contribution is 2.40. The molecular weight excluding hydrogens is 454 g/mol. The maximum absolute atomic E-state index is 13.8. The lowest BCUT2D eigenvalue weighted by atomic mass is 9.89. The lowest BCUT2D eigenvalue weighted by molar-refractivity contribution is -0.137. The number of aryl methyl sites for hydroxylation is 1. The monoisotopic (exact) mass is 487 g/mol. The Morgan fingerprint density at radius 3 is 2.37 bits per heavy atom. The number of fused-ring (bicyclic) bond motifs is 1. The Morgan fingerprint density at radius 1 is 0.857 bits per heavy atom. The zero-order chi connectivity index (χ0) is 24.4. The number of nitrogens with zero attached hydrogens (tertiary/aromatic N) is 3. The number of rotatable bonds is 4. The summed E-state index contributed by atoms with van der Waals surface area (Å²) in [5.74, 6) is 0.213. The van der Waals surface area contributed by atoms with E-state index in [2.05, 4.69) is 54.5 Å². The topological polar surface area (TPSA) is 43.9 Å². The molecule has 3 aromatic rings. The maximum Gasteiger partial charge on any atom is 0.253 e. The molecule has 6 heteroatoms. The predicted octanol–water partition coefficient (Wildman–Crippen LogP) is 4.77.